The van der Waals surface area contributed by atoms with E-state index in [1.165, 1.54) is 0 Å². The van der Waals surface area contributed by atoms with Crippen LogP contribution >= 0.6 is 31.9 Å². The maximum Gasteiger partial charge on any atom is 0.247 e. The highest BCUT2D eigenvalue weighted by atomic mass is 79.9. The van der Waals surface area contributed by atoms with E-state index < -0.39 is 0 Å². The third-order valence-corrected chi connectivity index (χ3v) is 3.61. The number of hydrogen-bond donors (Lipinski definition) is 1. The number of aryl methyl sites for hydroxylation is 1. The Balaban J connectivity index is 1.98. The first-order valence-corrected chi connectivity index (χ1v) is 8.15. The summed E-state index contributed by atoms with van der Waals surface area (Å²) in [5.41, 5.74) is 0.908. The number of nitrogens with one attached hydrogen (secondary N) is 1. The summed E-state index contributed by atoms with van der Waals surface area (Å²) in [7, 11) is 0. The molecule has 20 heavy (non-hydrogen) atoms. The first-order valence-electron chi connectivity index (χ1n) is 6.57. The molecule has 2 rings (SSSR count). The van der Waals surface area contributed by atoms with E-state index in [1.54, 1.807) is 0 Å². The third-order valence-electron chi connectivity index (χ3n) is 2.70. The van der Waals surface area contributed by atoms with Crippen LogP contribution in [-0.2, 0) is 6.42 Å². The SMILES string of the molecule is CC(C)NCCCc1nnc(-c2cc(Br)cc(Br)c2)o1. The lowest BCUT2D eigenvalue weighted by Gasteiger charge is -2.05. The van der Waals surface area contributed by atoms with Crippen molar-refractivity contribution >= 4 is 31.9 Å². The van der Waals surface area contributed by atoms with Gasteiger partial charge >= 0.3 is 0 Å². The zero-order chi connectivity index (χ0) is 14.5. The summed E-state index contributed by atoms with van der Waals surface area (Å²) in [5.74, 6) is 1.24. The van der Waals surface area contributed by atoms with Crippen LogP contribution in [0.15, 0.2) is 31.6 Å². The van der Waals surface area contributed by atoms with Crippen LogP contribution in [0.1, 0.15) is 26.2 Å². The zero-order valence-corrected chi connectivity index (χ0v) is 14.7. The van der Waals surface area contributed by atoms with Crippen molar-refractivity contribution in [3.8, 4) is 11.5 Å². The summed E-state index contributed by atoms with van der Waals surface area (Å²) in [6.07, 6.45) is 1.78. The van der Waals surface area contributed by atoms with Crippen LogP contribution in [0.2, 0.25) is 0 Å². The summed E-state index contributed by atoms with van der Waals surface area (Å²) in [6.45, 7) is 5.23. The number of hydrogen-bond acceptors (Lipinski definition) is 4. The van der Waals surface area contributed by atoms with Gasteiger partial charge < -0.3 is 9.73 Å². The number of nitrogens with zero attached hydrogens (tertiary/aromatic N) is 2. The molecule has 0 amide bonds. The molecule has 0 aliphatic rings. The van der Waals surface area contributed by atoms with E-state index >= 15 is 0 Å². The minimum atomic E-state index is 0.507. The molecule has 0 bridgehead atoms. The quantitative estimate of drug-likeness (QED) is 0.736. The Hall–Kier alpha value is -0.720. The Morgan fingerprint density at radius 2 is 1.85 bits per heavy atom. The molecule has 0 fully saturated rings. The molecule has 1 aromatic carbocycles. The smallest absolute Gasteiger partial charge is 0.247 e. The Labute approximate surface area is 135 Å². The average Bonchev–Trinajstić information content (AvgIpc) is 2.82. The van der Waals surface area contributed by atoms with Gasteiger partial charge in [-0.1, -0.05) is 45.7 Å². The van der Waals surface area contributed by atoms with Gasteiger partial charge in [-0.15, -0.1) is 10.2 Å². The maximum atomic E-state index is 5.70. The van der Waals surface area contributed by atoms with Gasteiger partial charge in [-0.2, -0.15) is 0 Å². The fourth-order valence-electron chi connectivity index (χ4n) is 1.78. The molecule has 0 spiro atoms. The highest BCUT2D eigenvalue weighted by Crippen LogP contribution is 2.26. The van der Waals surface area contributed by atoms with Crippen LogP contribution in [0, 0.1) is 0 Å². The van der Waals surface area contributed by atoms with E-state index in [9.17, 15) is 0 Å². The van der Waals surface area contributed by atoms with Crippen molar-refractivity contribution in [2.75, 3.05) is 6.54 Å². The minimum absolute atomic E-state index is 0.507. The molecule has 2 aromatic rings. The second kappa shape index (κ2) is 7.33. The van der Waals surface area contributed by atoms with Crippen LogP contribution in [0.4, 0.5) is 0 Å². The molecule has 0 atom stereocenters. The van der Waals surface area contributed by atoms with Crippen molar-refractivity contribution in [2.24, 2.45) is 0 Å². The second-order valence-corrected chi connectivity index (χ2v) is 6.70. The molecular formula is C14H17Br2N3O. The Morgan fingerprint density at radius 1 is 1.15 bits per heavy atom. The van der Waals surface area contributed by atoms with E-state index in [-0.39, 0.29) is 0 Å². The molecule has 0 saturated carbocycles. The Morgan fingerprint density at radius 3 is 2.50 bits per heavy atom. The summed E-state index contributed by atoms with van der Waals surface area (Å²) >= 11 is 6.91. The molecule has 0 saturated heterocycles. The summed E-state index contributed by atoms with van der Waals surface area (Å²) < 4.78 is 7.64. The number of rotatable bonds is 6. The molecule has 1 heterocycles. The van der Waals surface area contributed by atoms with Crippen molar-refractivity contribution in [2.45, 2.75) is 32.7 Å². The van der Waals surface area contributed by atoms with E-state index in [0.29, 0.717) is 17.8 Å². The van der Waals surface area contributed by atoms with Gasteiger partial charge in [-0.25, -0.2) is 0 Å². The highest BCUT2D eigenvalue weighted by Gasteiger charge is 2.09. The fraction of sp³-hybridized carbons (Fsp3) is 0.429. The average molecular weight is 403 g/mol. The molecule has 0 aliphatic carbocycles. The van der Waals surface area contributed by atoms with Gasteiger partial charge in [-0.3, -0.25) is 0 Å². The zero-order valence-electron chi connectivity index (χ0n) is 11.5. The molecule has 0 aliphatic heterocycles. The van der Waals surface area contributed by atoms with Crippen molar-refractivity contribution < 1.29 is 4.42 Å². The third kappa shape index (κ3) is 4.68. The molecule has 0 radical (unpaired) electrons. The predicted octanol–water partition coefficient (Wildman–Crippen LogP) is 4.19. The van der Waals surface area contributed by atoms with Gasteiger partial charge in [0, 0.05) is 27.0 Å². The summed E-state index contributed by atoms with van der Waals surface area (Å²) in [6, 6.07) is 6.40. The van der Waals surface area contributed by atoms with Crippen LogP contribution in [-0.4, -0.2) is 22.8 Å². The molecule has 1 aromatic heterocycles. The lowest BCUT2D eigenvalue weighted by atomic mass is 10.2. The number of halogens is 2. The van der Waals surface area contributed by atoms with Crippen molar-refractivity contribution in [1.82, 2.24) is 15.5 Å². The van der Waals surface area contributed by atoms with Gasteiger partial charge in [0.2, 0.25) is 11.8 Å². The van der Waals surface area contributed by atoms with Gasteiger partial charge in [-0.05, 0) is 31.2 Å². The van der Waals surface area contributed by atoms with Crippen molar-refractivity contribution in [3.63, 3.8) is 0 Å². The van der Waals surface area contributed by atoms with Crippen molar-refractivity contribution in [1.29, 1.82) is 0 Å². The molecular weight excluding hydrogens is 386 g/mol. The van der Waals surface area contributed by atoms with E-state index in [1.807, 2.05) is 18.2 Å². The van der Waals surface area contributed by atoms with Crippen LogP contribution in [0.5, 0.6) is 0 Å². The van der Waals surface area contributed by atoms with E-state index in [4.69, 9.17) is 4.42 Å². The Kier molecular flexibility index (Phi) is 5.74. The summed E-state index contributed by atoms with van der Waals surface area (Å²) in [4.78, 5) is 0. The molecule has 4 nitrogen and oxygen atoms in total. The molecule has 108 valence electrons. The number of aromatic nitrogens is 2. The maximum absolute atomic E-state index is 5.70. The van der Waals surface area contributed by atoms with Crippen LogP contribution in [0.3, 0.4) is 0 Å². The lowest BCUT2D eigenvalue weighted by molar-refractivity contribution is 0.484. The Bertz CT molecular complexity index is 549. The monoisotopic (exact) mass is 401 g/mol. The standard InChI is InChI=1S/C14H17Br2N3O/c1-9(2)17-5-3-4-13-18-19-14(20-13)10-6-11(15)8-12(16)7-10/h6-9,17H,3-5H2,1-2H3. The first kappa shape index (κ1) is 15.7. The first-order chi connectivity index (χ1) is 9.54. The largest absolute Gasteiger partial charge is 0.421 e. The normalized spacial score (nSPS) is 11.2. The molecule has 6 heteroatoms. The molecule has 0 unspecified atom stereocenters. The van der Waals surface area contributed by atoms with E-state index in [2.05, 4.69) is 61.2 Å². The molecule has 1 N–H and O–H groups in total. The van der Waals surface area contributed by atoms with Gasteiger partial charge in [0.25, 0.3) is 0 Å². The number of benzene rings is 1. The van der Waals surface area contributed by atoms with Crippen LogP contribution < -0.4 is 5.32 Å². The van der Waals surface area contributed by atoms with Gasteiger partial charge in [0.05, 0.1) is 0 Å². The minimum Gasteiger partial charge on any atom is -0.421 e. The predicted molar refractivity (Wildman–Crippen MR) is 86.6 cm³/mol. The van der Waals surface area contributed by atoms with Gasteiger partial charge in [0.1, 0.15) is 0 Å². The highest BCUT2D eigenvalue weighted by molar-refractivity contribution is 9.11. The van der Waals surface area contributed by atoms with E-state index in [0.717, 1.165) is 33.9 Å². The lowest BCUT2D eigenvalue weighted by Crippen LogP contribution is -2.23. The van der Waals surface area contributed by atoms with Crippen molar-refractivity contribution in [3.05, 3.63) is 33.0 Å². The summed E-state index contributed by atoms with van der Waals surface area (Å²) in [5, 5.41) is 11.6. The fourth-order valence-corrected chi connectivity index (χ4v) is 3.07. The van der Waals surface area contributed by atoms with Crippen LogP contribution in [0.25, 0.3) is 11.5 Å². The van der Waals surface area contributed by atoms with Gasteiger partial charge in [0.15, 0.2) is 0 Å². The topological polar surface area (TPSA) is 51.0 Å². The second-order valence-electron chi connectivity index (χ2n) is 4.87.